The van der Waals surface area contributed by atoms with Gasteiger partial charge >= 0.3 is 5.69 Å². The van der Waals surface area contributed by atoms with Crippen LogP contribution in [0.15, 0.2) is 27.8 Å². The Kier molecular flexibility index (Phi) is 8.13. The summed E-state index contributed by atoms with van der Waals surface area (Å²) in [7, 11) is 1.90. The molecule has 0 atom stereocenters. The van der Waals surface area contributed by atoms with Gasteiger partial charge in [0, 0.05) is 19.1 Å². The number of aromatic amines is 1. The number of hydrogen-bond donors (Lipinski definition) is 2. The van der Waals surface area contributed by atoms with Crippen LogP contribution < -0.4 is 21.9 Å². The predicted octanol–water partition coefficient (Wildman–Crippen LogP) is 2.94. The minimum Gasteiger partial charge on any atom is -0.383 e. The summed E-state index contributed by atoms with van der Waals surface area (Å²) < 4.78 is 1.38. The Morgan fingerprint density at radius 2 is 1.91 bits per heavy atom. The molecule has 3 N–H and O–H groups in total. The van der Waals surface area contributed by atoms with Gasteiger partial charge in [0.2, 0.25) is 5.91 Å². The highest BCUT2D eigenvalue weighted by molar-refractivity contribution is 5.97. The number of carbonyl (C=O) groups excluding carboxylic acids is 1. The fourth-order valence-electron chi connectivity index (χ4n) is 4.70. The number of nitrogens with two attached hydrogens (primary N) is 1. The fourth-order valence-corrected chi connectivity index (χ4v) is 4.70. The molecular formula is C25H37N5O3. The first-order valence-corrected chi connectivity index (χ1v) is 11.9. The van der Waals surface area contributed by atoms with Gasteiger partial charge in [0.05, 0.1) is 6.54 Å². The zero-order valence-electron chi connectivity index (χ0n) is 20.3. The lowest BCUT2D eigenvalue weighted by Gasteiger charge is -2.31. The summed E-state index contributed by atoms with van der Waals surface area (Å²) in [6, 6.07) is 6.21. The predicted molar refractivity (Wildman–Crippen MR) is 133 cm³/mol. The third-order valence-corrected chi connectivity index (χ3v) is 6.49. The molecule has 33 heavy (non-hydrogen) atoms. The van der Waals surface area contributed by atoms with Gasteiger partial charge in [-0.05, 0) is 51.3 Å². The van der Waals surface area contributed by atoms with E-state index in [0.29, 0.717) is 13.1 Å². The number of carbonyl (C=O) groups is 1. The Morgan fingerprint density at radius 3 is 2.55 bits per heavy atom. The molecule has 0 unspecified atom stereocenters. The summed E-state index contributed by atoms with van der Waals surface area (Å²) in [5, 5.41) is 0. The molecule has 3 rings (SSSR count). The highest BCUT2D eigenvalue weighted by atomic mass is 16.2. The maximum atomic E-state index is 13.6. The van der Waals surface area contributed by atoms with Crippen molar-refractivity contribution in [2.24, 2.45) is 0 Å². The Balaban J connectivity index is 1.91. The van der Waals surface area contributed by atoms with Crippen LogP contribution in [0.2, 0.25) is 0 Å². The number of hydrogen-bond acceptors (Lipinski definition) is 5. The van der Waals surface area contributed by atoms with Gasteiger partial charge in [-0.15, -0.1) is 0 Å². The standard InChI is InChI=1S/C25H37N5O3/c1-5-6-13-29-23(26)22(24(32)27-25(29)33)30(20-9-7-8-10-20)21(31)16-28(4)15-19-12-11-17(2)14-18(19)3/h11-12,14,20H,5-10,13,15-16,26H2,1-4H3,(H,27,32,33). The molecule has 0 spiro atoms. The van der Waals surface area contributed by atoms with Gasteiger partial charge in [-0.2, -0.15) is 0 Å². The smallest absolute Gasteiger partial charge is 0.330 e. The van der Waals surface area contributed by atoms with Crippen LogP contribution >= 0.6 is 0 Å². The van der Waals surface area contributed by atoms with Gasteiger partial charge in [-0.25, -0.2) is 4.79 Å². The molecule has 1 aliphatic carbocycles. The normalized spacial score (nSPS) is 14.2. The largest absolute Gasteiger partial charge is 0.383 e. The molecular weight excluding hydrogens is 418 g/mol. The van der Waals surface area contributed by atoms with E-state index in [0.717, 1.165) is 44.1 Å². The minimum absolute atomic E-state index is 0.0782. The van der Waals surface area contributed by atoms with E-state index in [-0.39, 0.29) is 30.0 Å². The quantitative estimate of drug-likeness (QED) is 0.605. The zero-order valence-corrected chi connectivity index (χ0v) is 20.3. The van der Waals surface area contributed by atoms with Crippen molar-refractivity contribution in [1.29, 1.82) is 0 Å². The molecule has 0 bridgehead atoms. The van der Waals surface area contributed by atoms with Gasteiger partial charge in [-0.1, -0.05) is 49.9 Å². The molecule has 8 nitrogen and oxygen atoms in total. The maximum absolute atomic E-state index is 13.6. The molecule has 0 aliphatic heterocycles. The number of likely N-dealkylation sites (N-methyl/N-ethyl adjacent to an activating group) is 1. The van der Waals surface area contributed by atoms with Gasteiger partial charge in [0.25, 0.3) is 5.56 Å². The van der Waals surface area contributed by atoms with Gasteiger partial charge in [0.1, 0.15) is 5.82 Å². The number of unbranched alkanes of at least 4 members (excludes halogenated alkanes) is 1. The van der Waals surface area contributed by atoms with Crippen LogP contribution in [0.5, 0.6) is 0 Å². The number of amides is 1. The average molecular weight is 456 g/mol. The maximum Gasteiger partial charge on any atom is 0.330 e. The first kappa shape index (κ1) is 24.8. The van der Waals surface area contributed by atoms with E-state index in [1.807, 2.05) is 18.9 Å². The number of nitrogens with zero attached hydrogens (tertiary/aromatic N) is 3. The molecule has 1 heterocycles. The molecule has 1 aromatic carbocycles. The molecule has 1 amide bonds. The molecule has 1 aromatic heterocycles. The number of H-pyrrole nitrogens is 1. The molecule has 2 aromatic rings. The average Bonchev–Trinajstić information content (AvgIpc) is 3.27. The first-order valence-electron chi connectivity index (χ1n) is 11.9. The second kappa shape index (κ2) is 10.8. The lowest BCUT2D eigenvalue weighted by molar-refractivity contribution is -0.120. The molecule has 1 saturated carbocycles. The monoisotopic (exact) mass is 455 g/mol. The third kappa shape index (κ3) is 5.74. The van der Waals surface area contributed by atoms with Crippen molar-refractivity contribution in [1.82, 2.24) is 14.5 Å². The lowest BCUT2D eigenvalue weighted by atomic mass is 10.1. The van der Waals surface area contributed by atoms with E-state index < -0.39 is 11.2 Å². The Labute approximate surface area is 195 Å². The number of aromatic nitrogens is 2. The third-order valence-electron chi connectivity index (χ3n) is 6.49. The second-order valence-electron chi connectivity index (χ2n) is 9.30. The van der Waals surface area contributed by atoms with E-state index in [2.05, 4.69) is 37.0 Å². The molecule has 0 saturated heterocycles. The fraction of sp³-hybridized carbons (Fsp3) is 0.560. The summed E-state index contributed by atoms with van der Waals surface area (Å²) in [6.45, 7) is 7.33. The van der Waals surface area contributed by atoms with E-state index in [9.17, 15) is 14.4 Å². The first-order chi connectivity index (χ1) is 15.7. The Hall–Kier alpha value is -2.87. The highest BCUT2D eigenvalue weighted by Gasteiger charge is 2.33. The summed E-state index contributed by atoms with van der Waals surface area (Å²) in [4.78, 5) is 44.8. The van der Waals surface area contributed by atoms with Crippen LogP contribution in [0, 0.1) is 13.8 Å². The Morgan fingerprint density at radius 1 is 1.21 bits per heavy atom. The number of nitrogens with one attached hydrogen (secondary N) is 1. The van der Waals surface area contributed by atoms with Crippen LogP contribution in [0.3, 0.4) is 0 Å². The molecule has 8 heteroatoms. The summed E-state index contributed by atoms with van der Waals surface area (Å²) >= 11 is 0. The van der Waals surface area contributed by atoms with Crippen molar-refractivity contribution in [2.75, 3.05) is 24.2 Å². The minimum atomic E-state index is -0.595. The van der Waals surface area contributed by atoms with E-state index in [1.165, 1.54) is 15.7 Å². The summed E-state index contributed by atoms with van der Waals surface area (Å²) in [5.74, 6) is -0.0958. The van der Waals surface area contributed by atoms with Crippen LogP contribution in [0.4, 0.5) is 11.5 Å². The number of anilines is 2. The molecule has 180 valence electrons. The number of nitrogen functional groups attached to an aromatic ring is 1. The van der Waals surface area contributed by atoms with Crippen molar-refractivity contribution in [3.05, 3.63) is 55.7 Å². The van der Waals surface area contributed by atoms with Crippen molar-refractivity contribution in [2.45, 2.75) is 78.4 Å². The SMILES string of the molecule is CCCCn1c(N)c(N(C(=O)CN(C)Cc2ccc(C)cc2C)C2CCCC2)c(=O)[nH]c1=O. The van der Waals surface area contributed by atoms with E-state index in [1.54, 1.807) is 4.90 Å². The topological polar surface area (TPSA) is 104 Å². The van der Waals surface area contributed by atoms with Gasteiger partial charge in [-0.3, -0.25) is 24.0 Å². The second-order valence-corrected chi connectivity index (χ2v) is 9.30. The summed E-state index contributed by atoms with van der Waals surface area (Å²) in [5.41, 5.74) is 8.90. The van der Waals surface area contributed by atoms with Crippen molar-refractivity contribution in [3.8, 4) is 0 Å². The van der Waals surface area contributed by atoms with Crippen molar-refractivity contribution < 1.29 is 4.79 Å². The van der Waals surface area contributed by atoms with Crippen molar-refractivity contribution >= 4 is 17.4 Å². The van der Waals surface area contributed by atoms with Crippen LogP contribution in [-0.4, -0.2) is 40.0 Å². The van der Waals surface area contributed by atoms with Crippen LogP contribution in [0.25, 0.3) is 0 Å². The van der Waals surface area contributed by atoms with E-state index in [4.69, 9.17) is 5.73 Å². The zero-order chi connectivity index (χ0) is 24.1. The summed E-state index contributed by atoms with van der Waals surface area (Å²) in [6.07, 6.45) is 5.28. The number of aryl methyl sites for hydroxylation is 2. The van der Waals surface area contributed by atoms with Gasteiger partial charge in [0.15, 0.2) is 5.69 Å². The number of rotatable bonds is 9. The van der Waals surface area contributed by atoms with Crippen LogP contribution in [-0.2, 0) is 17.9 Å². The molecule has 0 radical (unpaired) electrons. The van der Waals surface area contributed by atoms with Crippen LogP contribution in [0.1, 0.15) is 62.1 Å². The number of benzene rings is 1. The lowest BCUT2D eigenvalue weighted by Crippen LogP contribution is -2.48. The Bertz CT molecular complexity index is 1100. The molecule has 1 fully saturated rings. The highest BCUT2D eigenvalue weighted by Crippen LogP contribution is 2.29. The molecule has 1 aliphatic rings. The van der Waals surface area contributed by atoms with Gasteiger partial charge < -0.3 is 10.6 Å². The van der Waals surface area contributed by atoms with Crippen molar-refractivity contribution in [3.63, 3.8) is 0 Å². The van der Waals surface area contributed by atoms with E-state index >= 15 is 0 Å².